The third-order valence-corrected chi connectivity index (χ3v) is 4.89. The number of halogens is 3. The number of nitrogens with one attached hydrogen (secondary N) is 2. The maximum Gasteiger partial charge on any atom is 0.416 e. The van der Waals surface area contributed by atoms with Crippen LogP contribution in [0, 0.1) is 0 Å². The number of carbonyl (C=O) groups excluding carboxylic acids is 1. The second-order valence-electron chi connectivity index (χ2n) is 7.48. The van der Waals surface area contributed by atoms with Gasteiger partial charge in [-0.2, -0.15) is 18.2 Å². The van der Waals surface area contributed by atoms with Gasteiger partial charge in [-0.1, -0.05) is 12.1 Å². The average molecular weight is 491 g/mol. The van der Waals surface area contributed by atoms with E-state index in [1.54, 1.807) is 38.3 Å². The van der Waals surface area contributed by atoms with Crippen LogP contribution in [0.2, 0.25) is 0 Å². The maximum absolute atomic E-state index is 12.7. The number of hydrogen-bond donors (Lipinski definition) is 2. The Morgan fingerprint density at radius 3 is 2.29 bits per heavy atom. The summed E-state index contributed by atoms with van der Waals surface area (Å²) < 4.78 is 54.3. The van der Waals surface area contributed by atoms with E-state index in [0.29, 0.717) is 30.1 Å². The molecule has 0 bridgehead atoms. The second kappa shape index (κ2) is 11.4. The van der Waals surface area contributed by atoms with Crippen LogP contribution < -0.4 is 25.1 Å². The molecule has 1 heterocycles. The number of H-pyrrole nitrogens is 1. The van der Waals surface area contributed by atoms with E-state index in [1.807, 2.05) is 0 Å². The fourth-order valence-corrected chi connectivity index (χ4v) is 3.02. The van der Waals surface area contributed by atoms with Crippen LogP contribution in [-0.2, 0) is 6.18 Å². The molecular weight excluding hydrogens is 467 g/mol. The van der Waals surface area contributed by atoms with Crippen LogP contribution in [0.15, 0.2) is 59.4 Å². The molecular formula is C24H24F3N3O5. The number of nitrogens with zero attached hydrogens (tertiary/aromatic N) is 1. The average Bonchev–Trinajstić information content (AvgIpc) is 2.83. The fraction of sp³-hybridized carbons (Fsp3) is 0.292. The van der Waals surface area contributed by atoms with Gasteiger partial charge < -0.3 is 19.5 Å². The first-order valence-corrected chi connectivity index (χ1v) is 10.6. The zero-order chi connectivity index (χ0) is 25.4. The first-order valence-electron chi connectivity index (χ1n) is 10.6. The lowest BCUT2D eigenvalue weighted by atomic mass is 10.1. The van der Waals surface area contributed by atoms with Crippen LogP contribution in [0.1, 0.15) is 41.0 Å². The third-order valence-electron chi connectivity index (χ3n) is 4.89. The molecule has 0 aliphatic carbocycles. The SMILES string of the molecule is COc1ccc(OCCCOc2nc(C(=O)NC(C)c3ccc(C(F)(F)F)cc3)cc(=O)[nH]2)cc1. The van der Waals surface area contributed by atoms with Crippen molar-refractivity contribution in [3.63, 3.8) is 0 Å². The predicted octanol–water partition coefficient (Wildman–Crippen LogP) is 4.14. The summed E-state index contributed by atoms with van der Waals surface area (Å²) in [4.78, 5) is 30.9. The van der Waals surface area contributed by atoms with Crippen LogP contribution in [0.3, 0.4) is 0 Å². The number of benzene rings is 2. The molecule has 0 saturated carbocycles. The zero-order valence-electron chi connectivity index (χ0n) is 19.0. The quantitative estimate of drug-likeness (QED) is 0.414. The van der Waals surface area contributed by atoms with Crippen molar-refractivity contribution in [1.82, 2.24) is 15.3 Å². The van der Waals surface area contributed by atoms with Crippen molar-refractivity contribution in [3.05, 3.63) is 81.8 Å². The molecule has 0 aliphatic heterocycles. The van der Waals surface area contributed by atoms with Crippen LogP contribution in [-0.4, -0.2) is 36.2 Å². The first-order chi connectivity index (χ1) is 16.7. The van der Waals surface area contributed by atoms with Gasteiger partial charge in [-0.15, -0.1) is 0 Å². The standard InChI is InChI=1S/C24H24F3N3O5/c1-15(16-4-6-17(7-5-16)24(25,26)27)28-22(32)20-14-21(31)30-23(29-20)35-13-3-12-34-19-10-8-18(33-2)9-11-19/h4-11,14-15H,3,12-13H2,1-2H3,(H,28,32)(H,29,30,31). The lowest BCUT2D eigenvalue weighted by Gasteiger charge is -2.15. The molecule has 1 aromatic heterocycles. The molecule has 186 valence electrons. The van der Waals surface area contributed by atoms with Crippen LogP contribution in [0.5, 0.6) is 17.5 Å². The van der Waals surface area contributed by atoms with E-state index in [9.17, 15) is 22.8 Å². The first kappa shape index (κ1) is 25.6. The van der Waals surface area contributed by atoms with Crippen molar-refractivity contribution >= 4 is 5.91 Å². The molecule has 2 aromatic carbocycles. The largest absolute Gasteiger partial charge is 0.497 e. The van der Waals surface area contributed by atoms with Gasteiger partial charge in [0.15, 0.2) is 0 Å². The van der Waals surface area contributed by atoms with Gasteiger partial charge in [0.05, 0.1) is 31.9 Å². The molecule has 3 rings (SSSR count). The Morgan fingerprint density at radius 1 is 1.03 bits per heavy atom. The number of ether oxygens (including phenoxy) is 3. The molecule has 0 radical (unpaired) electrons. The topological polar surface area (TPSA) is 103 Å². The molecule has 2 N–H and O–H groups in total. The monoisotopic (exact) mass is 491 g/mol. The minimum absolute atomic E-state index is 0.130. The molecule has 3 aromatic rings. The summed E-state index contributed by atoms with van der Waals surface area (Å²) >= 11 is 0. The lowest BCUT2D eigenvalue weighted by molar-refractivity contribution is -0.137. The number of carbonyl (C=O) groups is 1. The Labute approximate surface area is 199 Å². The smallest absolute Gasteiger partial charge is 0.416 e. The van der Waals surface area contributed by atoms with Crippen molar-refractivity contribution in [1.29, 1.82) is 0 Å². The summed E-state index contributed by atoms with van der Waals surface area (Å²) in [6, 6.07) is 11.8. The Morgan fingerprint density at radius 2 is 1.66 bits per heavy atom. The molecule has 11 heteroatoms. The Kier molecular flexibility index (Phi) is 8.34. The van der Waals surface area contributed by atoms with E-state index in [0.717, 1.165) is 18.2 Å². The van der Waals surface area contributed by atoms with E-state index in [1.165, 1.54) is 12.1 Å². The lowest BCUT2D eigenvalue weighted by Crippen LogP contribution is -2.29. The molecule has 1 unspecified atom stereocenters. The van der Waals surface area contributed by atoms with E-state index < -0.39 is 29.2 Å². The van der Waals surface area contributed by atoms with E-state index in [-0.39, 0.29) is 18.3 Å². The van der Waals surface area contributed by atoms with Gasteiger partial charge in [0.25, 0.3) is 17.5 Å². The summed E-state index contributed by atoms with van der Waals surface area (Å²) in [7, 11) is 1.57. The normalized spacial score (nSPS) is 12.0. The van der Waals surface area contributed by atoms with Crippen LogP contribution in [0.25, 0.3) is 0 Å². The molecule has 0 aliphatic rings. The summed E-state index contributed by atoms with van der Waals surface area (Å²) in [5.41, 5.74) is -1.09. The minimum Gasteiger partial charge on any atom is -0.497 e. The maximum atomic E-state index is 12.7. The number of alkyl halides is 3. The molecule has 0 spiro atoms. The summed E-state index contributed by atoms with van der Waals surface area (Å²) in [5.74, 6) is 0.711. The highest BCUT2D eigenvalue weighted by atomic mass is 19.4. The summed E-state index contributed by atoms with van der Waals surface area (Å²) in [5, 5.41) is 2.61. The zero-order valence-corrected chi connectivity index (χ0v) is 19.0. The van der Waals surface area contributed by atoms with Crippen LogP contribution >= 0.6 is 0 Å². The van der Waals surface area contributed by atoms with Crippen LogP contribution in [0.4, 0.5) is 13.2 Å². The highest BCUT2D eigenvalue weighted by molar-refractivity contribution is 5.92. The molecule has 1 amide bonds. The Balaban J connectivity index is 1.52. The van der Waals surface area contributed by atoms with Gasteiger partial charge in [-0.3, -0.25) is 14.6 Å². The van der Waals surface area contributed by atoms with Gasteiger partial charge in [-0.25, -0.2) is 0 Å². The summed E-state index contributed by atoms with van der Waals surface area (Å²) in [6.45, 7) is 2.13. The number of amides is 1. The summed E-state index contributed by atoms with van der Waals surface area (Å²) in [6.07, 6.45) is -3.96. The molecule has 0 fully saturated rings. The molecule has 35 heavy (non-hydrogen) atoms. The number of rotatable bonds is 10. The highest BCUT2D eigenvalue weighted by Crippen LogP contribution is 2.30. The van der Waals surface area contributed by atoms with Gasteiger partial charge >= 0.3 is 6.18 Å². The highest BCUT2D eigenvalue weighted by Gasteiger charge is 2.30. The number of aromatic amines is 1. The van der Waals surface area contributed by atoms with Crippen molar-refractivity contribution < 1.29 is 32.2 Å². The number of hydrogen-bond acceptors (Lipinski definition) is 6. The van der Waals surface area contributed by atoms with Gasteiger partial charge in [0.2, 0.25) is 0 Å². The van der Waals surface area contributed by atoms with E-state index in [2.05, 4.69) is 15.3 Å². The van der Waals surface area contributed by atoms with Gasteiger partial charge in [0.1, 0.15) is 17.2 Å². The predicted molar refractivity (Wildman–Crippen MR) is 121 cm³/mol. The van der Waals surface area contributed by atoms with Crippen molar-refractivity contribution in [3.8, 4) is 17.5 Å². The number of methoxy groups -OCH3 is 1. The van der Waals surface area contributed by atoms with Gasteiger partial charge in [-0.05, 0) is 48.9 Å². The Hall–Kier alpha value is -4.02. The van der Waals surface area contributed by atoms with Gasteiger partial charge in [0, 0.05) is 12.5 Å². The van der Waals surface area contributed by atoms with E-state index in [4.69, 9.17) is 14.2 Å². The molecule has 0 saturated heterocycles. The number of aromatic nitrogens is 2. The minimum atomic E-state index is -4.45. The van der Waals surface area contributed by atoms with Crippen molar-refractivity contribution in [2.45, 2.75) is 25.6 Å². The van der Waals surface area contributed by atoms with Crippen molar-refractivity contribution in [2.75, 3.05) is 20.3 Å². The van der Waals surface area contributed by atoms with Crippen molar-refractivity contribution in [2.24, 2.45) is 0 Å². The van der Waals surface area contributed by atoms with E-state index >= 15 is 0 Å². The third kappa shape index (κ3) is 7.49. The molecule has 8 nitrogen and oxygen atoms in total. The Bertz CT molecular complexity index is 1180. The molecule has 1 atom stereocenters. The fourth-order valence-electron chi connectivity index (χ4n) is 3.02. The second-order valence-corrected chi connectivity index (χ2v) is 7.48.